The monoisotopic (exact) mass is 338 g/mol. The third-order valence-electron chi connectivity index (χ3n) is 3.66. The molecule has 0 saturated heterocycles. The summed E-state index contributed by atoms with van der Waals surface area (Å²) in [4.78, 5) is 35.6. The maximum Gasteiger partial charge on any atom is 0.296 e. The summed E-state index contributed by atoms with van der Waals surface area (Å²) < 4.78 is 0. The number of hydrogen-bond acceptors (Lipinski definition) is 3. The average molecular weight is 338 g/mol. The van der Waals surface area contributed by atoms with Crippen LogP contribution in [0.2, 0.25) is 0 Å². The Morgan fingerprint density at radius 1 is 0.840 bits per heavy atom. The van der Waals surface area contributed by atoms with Crippen molar-refractivity contribution in [3.05, 3.63) is 59.7 Å². The molecule has 5 nitrogen and oxygen atoms in total. The van der Waals surface area contributed by atoms with Crippen molar-refractivity contribution < 1.29 is 14.4 Å². The van der Waals surface area contributed by atoms with Crippen LogP contribution in [-0.4, -0.2) is 17.6 Å². The van der Waals surface area contributed by atoms with E-state index in [0.29, 0.717) is 16.9 Å². The zero-order valence-electron chi connectivity index (χ0n) is 14.8. The van der Waals surface area contributed by atoms with Gasteiger partial charge in [0, 0.05) is 23.9 Å². The van der Waals surface area contributed by atoms with Crippen LogP contribution in [0.4, 0.5) is 11.4 Å². The smallest absolute Gasteiger partial charge is 0.296 e. The van der Waals surface area contributed by atoms with E-state index in [2.05, 4.69) is 31.4 Å². The van der Waals surface area contributed by atoms with Crippen LogP contribution >= 0.6 is 0 Å². The highest BCUT2D eigenvalue weighted by atomic mass is 16.2. The first-order chi connectivity index (χ1) is 11.7. The van der Waals surface area contributed by atoms with Gasteiger partial charge in [-0.1, -0.05) is 51.1 Å². The summed E-state index contributed by atoms with van der Waals surface area (Å²) >= 11 is 0. The van der Waals surface area contributed by atoms with E-state index in [1.807, 2.05) is 12.1 Å². The van der Waals surface area contributed by atoms with Crippen LogP contribution in [0.1, 0.15) is 43.6 Å². The summed E-state index contributed by atoms with van der Waals surface area (Å²) in [5.74, 6) is -1.53. The van der Waals surface area contributed by atoms with Gasteiger partial charge in [-0.3, -0.25) is 14.4 Å². The lowest BCUT2D eigenvalue weighted by molar-refractivity contribution is -0.114. The number of carbonyl (C=O) groups excluding carboxylic acids is 3. The second kappa shape index (κ2) is 7.30. The number of amides is 2. The number of carbonyl (C=O) groups is 3. The van der Waals surface area contributed by atoms with Gasteiger partial charge in [-0.05, 0) is 29.2 Å². The van der Waals surface area contributed by atoms with Crippen LogP contribution in [0, 0.1) is 0 Å². The molecule has 0 aliphatic heterocycles. The molecule has 2 amide bonds. The maximum absolute atomic E-state index is 12.3. The number of anilines is 2. The van der Waals surface area contributed by atoms with Gasteiger partial charge in [-0.25, -0.2) is 0 Å². The van der Waals surface area contributed by atoms with E-state index in [0.717, 1.165) is 5.56 Å². The Morgan fingerprint density at radius 3 is 1.92 bits per heavy atom. The van der Waals surface area contributed by atoms with Gasteiger partial charge in [-0.2, -0.15) is 0 Å². The second-order valence-corrected chi connectivity index (χ2v) is 6.87. The summed E-state index contributed by atoms with van der Waals surface area (Å²) in [6.45, 7) is 7.64. The molecule has 0 aromatic heterocycles. The molecule has 2 rings (SSSR count). The molecule has 0 heterocycles. The maximum atomic E-state index is 12.3. The molecule has 0 atom stereocenters. The van der Waals surface area contributed by atoms with Gasteiger partial charge in [0.25, 0.3) is 11.7 Å². The molecule has 0 spiro atoms. The summed E-state index contributed by atoms with van der Waals surface area (Å²) in [6, 6.07) is 13.7. The van der Waals surface area contributed by atoms with Crippen LogP contribution in [0.5, 0.6) is 0 Å². The van der Waals surface area contributed by atoms with Gasteiger partial charge in [0.2, 0.25) is 5.91 Å². The van der Waals surface area contributed by atoms with E-state index < -0.39 is 11.7 Å². The largest absolute Gasteiger partial charge is 0.326 e. The van der Waals surface area contributed by atoms with Gasteiger partial charge in [0.15, 0.2) is 0 Å². The average Bonchev–Trinajstić information content (AvgIpc) is 2.53. The summed E-state index contributed by atoms with van der Waals surface area (Å²) in [6.07, 6.45) is 0. The Hall–Kier alpha value is -2.95. The number of rotatable bonds is 4. The number of ketones is 1. The molecule has 0 radical (unpaired) electrons. The fourth-order valence-electron chi connectivity index (χ4n) is 2.32. The van der Waals surface area contributed by atoms with Gasteiger partial charge in [-0.15, -0.1) is 0 Å². The molecule has 130 valence electrons. The highest BCUT2D eigenvalue weighted by molar-refractivity contribution is 6.46. The van der Waals surface area contributed by atoms with E-state index in [1.165, 1.54) is 6.92 Å². The summed E-state index contributed by atoms with van der Waals surface area (Å²) in [5, 5.41) is 5.18. The summed E-state index contributed by atoms with van der Waals surface area (Å²) in [7, 11) is 0. The van der Waals surface area contributed by atoms with E-state index in [9.17, 15) is 14.4 Å². The Labute approximate surface area is 147 Å². The first-order valence-corrected chi connectivity index (χ1v) is 8.01. The Balaban J connectivity index is 2.10. The zero-order chi connectivity index (χ0) is 18.6. The lowest BCUT2D eigenvalue weighted by atomic mass is 9.86. The van der Waals surface area contributed by atoms with Crippen molar-refractivity contribution in [1.82, 2.24) is 0 Å². The first kappa shape index (κ1) is 18.4. The van der Waals surface area contributed by atoms with Crippen LogP contribution < -0.4 is 10.6 Å². The molecule has 0 saturated carbocycles. The molecule has 2 N–H and O–H groups in total. The van der Waals surface area contributed by atoms with Crippen LogP contribution in [0.3, 0.4) is 0 Å². The third kappa shape index (κ3) is 5.01. The van der Waals surface area contributed by atoms with Gasteiger partial charge in [0.1, 0.15) is 0 Å². The number of benzene rings is 2. The van der Waals surface area contributed by atoms with Crippen molar-refractivity contribution in [2.24, 2.45) is 0 Å². The lowest BCUT2D eigenvalue weighted by Gasteiger charge is -2.18. The minimum Gasteiger partial charge on any atom is -0.326 e. The Kier molecular flexibility index (Phi) is 5.37. The Bertz CT molecular complexity index is 802. The van der Waals surface area contributed by atoms with Crippen molar-refractivity contribution >= 4 is 29.0 Å². The van der Waals surface area contributed by atoms with E-state index in [4.69, 9.17) is 0 Å². The molecular formula is C20H22N2O3. The minimum atomic E-state index is -0.719. The molecule has 0 fully saturated rings. The molecule has 0 aliphatic rings. The van der Waals surface area contributed by atoms with Gasteiger partial charge < -0.3 is 10.6 Å². The van der Waals surface area contributed by atoms with Crippen molar-refractivity contribution in [3.8, 4) is 0 Å². The highest BCUT2D eigenvalue weighted by Crippen LogP contribution is 2.22. The predicted molar refractivity (Wildman–Crippen MR) is 98.8 cm³/mol. The fraction of sp³-hybridized carbons (Fsp3) is 0.250. The normalized spacial score (nSPS) is 10.9. The second-order valence-electron chi connectivity index (χ2n) is 6.87. The van der Waals surface area contributed by atoms with Crippen molar-refractivity contribution in [2.45, 2.75) is 33.1 Å². The van der Waals surface area contributed by atoms with Crippen LogP contribution in [0.15, 0.2) is 48.5 Å². The van der Waals surface area contributed by atoms with Crippen molar-refractivity contribution in [2.75, 3.05) is 10.6 Å². The quantitative estimate of drug-likeness (QED) is 0.658. The molecule has 5 heteroatoms. The molecule has 0 bridgehead atoms. The number of nitrogens with one attached hydrogen (secondary N) is 2. The minimum absolute atomic E-state index is 0.0199. The zero-order valence-corrected chi connectivity index (χ0v) is 14.8. The fourth-order valence-corrected chi connectivity index (χ4v) is 2.32. The van der Waals surface area contributed by atoms with Crippen LogP contribution in [0.25, 0.3) is 0 Å². The number of Topliss-reactive ketones (excluding diaryl/α,β-unsaturated/α-hetero) is 1. The van der Waals surface area contributed by atoms with Crippen molar-refractivity contribution in [3.63, 3.8) is 0 Å². The number of hydrogen-bond donors (Lipinski definition) is 2. The first-order valence-electron chi connectivity index (χ1n) is 8.01. The topological polar surface area (TPSA) is 75.3 Å². The molecule has 0 unspecified atom stereocenters. The lowest BCUT2D eigenvalue weighted by Crippen LogP contribution is -2.23. The predicted octanol–water partition coefficient (Wildman–Crippen LogP) is 3.76. The van der Waals surface area contributed by atoms with Crippen molar-refractivity contribution in [1.29, 1.82) is 0 Å². The van der Waals surface area contributed by atoms with Gasteiger partial charge in [0.05, 0.1) is 0 Å². The SMILES string of the molecule is CC(=O)Nc1cccc(NC(=O)C(=O)c2ccc(C(C)(C)C)cc2)c1. The molecular weight excluding hydrogens is 316 g/mol. The third-order valence-corrected chi connectivity index (χ3v) is 3.66. The Morgan fingerprint density at radius 2 is 1.40 bits per heavy atom. The van der Waals surface area contributed by atoms with E-state index >= 15 is 0 Å². The molecule has 25 heavy (non-hydrogen) atoms. The standard InChI is InChI=1S/C20H22N2O3/c1-13(23)21-16-6-5-7-17(12-16)22-19(25)18(24)14-8-10-15(11-9-14)20(2,3)4/h5-12H,1-4H3,(H,21,23)(H,22,25). The van der Waals surface area contributed by atoms with Gasteiger partial charge >= 0.3 is 0 Å². The molecule has 2 aromatic carbocycles. The molecule has 0 aliphatic carbocycles. The van der Waals surface area contributed by atoms with E-state index in [-0.39, 0.29) is 11.3 Å². The molecule has 2 aromatic rings. The van der Waals surface area contributed by atoms with E-state index in [1.54, 1.807) is 36.4 Å². The summed E-state index contributed by atoms with van der Waals surface area (Å²) in [5.41, 5.74) is 2.40. The highest BCUT2D eigenvalue weighted by Gasteiger charge is 2.18. The van der Waals surface area contributed by atoms with Crippen LogP contribution in [-0.2, 0) is 15.0 Å².